The van der Waals surface area contributed by atoms with Crippen molar-refractivity contribution in [2.24, 2.45) is 16.6 Å². The molecule has 4 N–H and O–H groups in total. The van der Waals surface area contributed by atoms with Crippen molar-refractivity contribution in [3.05, 3.63) is 39.3 Å². The zero-order chi connectivity index (χ0) is 24.4. The van der Waals surface area contributed by atoms with Crippen LogP contribution in [0.3, 0.4) is 0 Å². The summed E-state index contributed by atoms with van der Waals surface area (Å²) in [4.78, 5) is 30.1. The highest BCUT2D eigenvalue weighted by atomic mass is 35.5. The van der Waals surface area contributed by atoms with Gasteiger partial charge >= 0.3 is 0 Å². The average molecular weight is 501 g/mol. The number of carbonyl (C=O) groups is 1. The molecular formula is C23H29ClN8OS. The maximum Gasteiger partial charge on any atom is 0.280 e. The van der Waals surface area contributed by atoms with Gasteiger partial charge in [0.15, 0.2) is 10.8 Å². The van der Waals surface area contributed by atoms with E-state index in [1.807, 2.05) is 6.07 Å². The molecule has 1 aliphatic rings. The number of nitrogens with two attached hydrogens (primary N) is 1. The Morgan fingerprint density at radius 1 is 1.38 bits per heavy atom. The van der Waals surface area contributed by atoms with Gasteiger partial charge in [0.1, 0.15) is 21.4 Å². The number of aromatic nitrogens is 4. The van der Waals surface area contributed by atoms with Gasteiger partial charge in [0.2, 0.25) is 0 Å². The molecule has 2 atom stereocenters. The third-order valence-electron chi connectivity index (χ3n) is 5.79. The summed E-state index contributed by atoms with van der Waals surface area (Å²) in [7, 11) is 0. The zero-order valence-corrected chi connectivity index (χ0v) is 21.1. The first-order valence-electron chi connectivity index (χ1n) is 11.4. The summed E-state index contributed by atoms with van der Waals surface area (Å²) >= 11 is 7.13. The summed E-state index contributed by atoms with van der Waals surface area (Å²) in [6.45, 7) is 5.99. The van der Waals surface area contributed by atoms with Crippen molar-refractivity contribution in [1.29, 1.82) is 5.41 Å². The molecule has 4 rings (SSSR count). The van der Waals surface area contributed by atoms with Crippen LogP contribution < -0.4 is 11.1 Å². The zero-order valence-electron chi connectivity index (χ0n) is 19.5. The van der Waals surface area contributed by atoms with Gasteiger partial charge in [0.05, 0.1) is 23.7 Å². The predicted octanol–water partition coefficient (Wildman–Crippen LogP) is 4.36. The predicted molar refractivity (Wildman–Crippen MR) is 136 cm³/mol. The van der Waals surface area contributed by atoms with E-state index in [1.165, 1.54) is 17.5 Å². The molecule has 3 aromatic rings. The molecule has 1 amide bonds. The number of rotatable bonds is 6. The van der Waals surface area contributed by atoms with Crippen LogP contribution >= 0.6 is 22.9 Å². The van der Waals surface area contributed by atoms with Crippen molar-refractivity contribution in [2.45, 2.75) is 65.0 Å². The molecule has 1 saturated carbocycles. The minimum atomic E-state index is -0.185. The molecule has 1 unspecified atom stereocenters. The molecule has 34 heavy (non-hydrogen) atoms. The first-order chi connectivity index (χ1) is 16.2. The Balaban J connectivity index is 1.65. The maximum atomic E-state index is 12.7. The smallest absolute Gasteiger partial charge is 0.280 e. The van der Waals surface area contributed by atoms with Gasteiger partial charge in [-0.15, -0.1) is 0 Å². The molecule has 1 aliphatic carbocycles. The lowest BCUT2D eigenvalue weighted by molar-refractivity contribution is 0.0920. The van der Waals surface area contributed by atoms with Gasteiger partial charge in [-0.1, -0.05) is 36.8 Å². The number of nitrogens with one attached hydrogen (secondary N) is 2. The van der Waals surface area contributed by atoms with Crippen LogP contribution in [0.25, 0.3) is 11.0 Å². The normalized spacial score (nSPS) is 19.0. The molecule has 180 valence electrons. The Labute approximate surface area is 207 Å². The van der Waals surface area contributed by atoms with Crippen molar-refractivity contribution < 1.29 is 4.79 Å². The molecular weight excluding hydrogens is 472 g/mol. The van der Waals surface area contributed by atoms with Gasteiger partial charge in [-0.25, -0.2) is 15.0 Å². The van der Waals surface area contributed by atoms with Gasteiger partial charge < -0.3 is 15.6 Å². The highest BCUT2D eigenvalue weighted by Gasteiger charge is 2.29. The van der Waals surface area contributed by atoms with E-state index in [4.69, 9.17) is 27.7 Å². The number of hydrogen-bond acceptors (Lipinski definition) is 6. The van der Waals surface area contributed by atoms with E-state index >= 15 is 0 Å². The monoisotopic (exact) mass is 500 g/mol. The molecule has 0 radical (unpaired) electrons. The lowest BCUT2D eigenvalue weighted by Gasteiger charge is -2.32. The summed E-state index contributed by atoms with van der Waals surface area (Å²) in [5.41, 5.74) is 7.85. The third-order valence-corrected chi connectivity index (χ3v) is 6.90. The average Bonchev–Trinajstić information content (AvgIpc) is 3.35. The van der Waals surface area contributed by atoms with E-state index in [-0.39, 0.29) is 23.8 Å². The molecule has 0 bridgehead atoms. The standard InChI is InChI=1S/C23H29ClN8OS/c1-12(2)7-20-31-17-10-27-16(21(26)29-13(3)25)9-18(17)32(20)15-6-4-5-14(8-15)30-22(33)23-28-11-19(24)34-23/h9-12,14-15H,4-8H2,1-3H3,(H,30,33)(H3,25,26,29)/t14?,15-/m1/s1. The Kier molecular flexibility index (Phi) is 7.27. The molecule has 0 aromatic carbocycles. The Bertz CT molecular complexity index is 1240. The van der Waals surface area contributed by atoms with Crippen molar-refractivity contribution in [2.75, 3.05) is 0 Å². The van der Waals surface area contributed by atoms with Crippen molar-refractivity contribution in [3.63, 3.8) is 0 Å². The van der Waals surface area contributed by atoms with Crippen LogP contribution in [-0.2, 0) is 6.42 Å². The second-order valence-electron chi connectivity index (χ2n) is 9.12. The first kappa shape index (κ1) is 24.3. The largest absolute Gasteiger partial charge is 0.387 e. The van der Waals surface area contributed by atoms with E-state index in [2.05, 4.69) is 38.7 Å². The number of halogens is 1. The van der Waals surface area contributed by atoms with E-state index in [1.54, 1.807) is 13.1 Å². The number of amides is 1. The maximum absolute atomic E-state index is 12.7. The van der Waals surface area contributed by atoms with Crippen LogP contribution in [-0.4, -0.2) is 43.1 Å². The number of nitrogens with zero attached hydrogens (tertiary/aromatic N) is 5. The number of aliphatic imine (C=N–C) groups is 1. The van der Waals surface area contributed by atoms with E-state index in [0.717, 1.165) is 49.0 Å². The summed E-state index contributed by atoms with van der Waals surface area (Å²) in [5, 5.41) is 11.8. The number of hydrogen-bond donors (Lipinski definition) is 3. The van der Waals surface area contributed by atoms with Crippen LogP contribution in [0.5, 0.6) is 0 Å². The minimum Gasteiger partial charge on any atom is -0.387 e. The summed E-state index contributed by atoms with van der Waals surface area (Å²) in [6, 6.07) is 2.07. The highest BCUT2D eigenvalue weighted by Crippen LogP contribution is 2.34. The molecule has 11 heteroatoms. The fraction of sp³-hybridized carbons (Fsp3) is 0.478. The van der Waals surface area contributed by atoms with E-state index in [9.17, 15) is 4.79 Å². The molecule has 3 aromatic heterocycles. The third kappa shape index (κ3) is 5.44. The lowest BCUT2D eigenvalue weighted by atomic mass is 9.90. The molecule has 0 spiro atoms. The molecule has 0 saturated heterocycles. The van der Waals surface area contributed by atoms with Crippen LogP contribution in [0.2, 0.25) is 4.34 Å². The van der Waals surface area contributed by atoms with Crippen LogP contribution in [0.15, 0.2) is 23.5 Å². The quantitative estimate of drug-likeness (QED) is 0.341. The fourth-order valence-corrected chi connectivity index (χ4v) is 5.28. The summed E-state index contributed by atoms with van der Waals surface area (Å²) in [6.07, 6.45) is 7.70. The molecule has 3 heterocycles. The summed E-state index contributed by atoms with van der Waals surface area (Å²) < 4.78 is 2.78. The van der Waals surface area contributed by atoms with Gasteiger partial charge in [0, 0.05) is 18.5 Å². The van der Waals surface area contributed by atoms with Crippen molar-refractivity contribution in [3.8, 4) is 0 Å². The van der Waals surface area contributed by atoms with E-state index < -0.39 is 0 Å². The van der Waals surface area contributed by atoms with Crippen LogP contribution in [0, 0.1) is 11.3 Å². The number of pyridine rings is 1. The van der Waals surface area contributed by atoms with Crippen LogP contribution in [0.4, 0.5) is 0 Å². The van der Waals surface area contributed by atoms with Crippen molar-refractivity contribution in [1.82, 2.24) is 24.8 Å². The van der Waals surface area contributed by atoms with E-state index in [0.29, 0.717) is 26.8 Å². The molecule has 0 aliphatic heterocycles. The van der Waals surface area contributed by atoms with Crippen LogP contribution in [0.1, 0.15) is 73.8 Å². The number of amidine groups is 2. The molecule has 9 nitrogen and oxygen atoms in total. The Morgan fingerprint density at radius 3 is 2.85 bits per heavy atom. The van der Waals surface area contributed by atoms with Gasteiger partial charge in [-0.05, 0) is 44.6 Å². The number of fused-ring (bicyclic) bond motifs is 1. The molecule has 1 fully saturated rings. The van der Waals surface area contributed by atoms with Gasteiger partial charge in [0.25, 0.3) is 5.91 Å². The van der Waals surface area contributed by atoms with Crippen molar-refractivity contribution >= 4 is 51.5 Å². The number of imidazole rings is 1. The fourth-order valence-electron chi connectivity index (χ4n) is 4.46. The van der Waals surface area contributed by atoms with Gasteiger partial charge in [-0.2, -0.15) is 0 Å². The highest BCUT2D eigenvalue weighted by molar-refractivity contribution is 7.17. The first-order valence-corrected chi connectivity index (χ1v) is 12.6. The Morgan fingerprint density at radius 2 is 2.18 bits per heavy atom. The van der Waals surface area contributed by atoms with Gasteiger partial charge in [-0.3, -0.25) is 15.2 Å². The second kappa shape index (κ2) is 10.2. The second-order valence-corrected chi connectivity index (χ2v) is 10.8. The minimum absolute atomic E-state index is 0.0240. The number of thiazole rings is 1. The lowest BCUT2D eigenvalue weighted by Crippen LogP contribution is -2.39. The SMILES string of the molecule is CC(N)=NC(=N)c1cc2c(cn1)nc(CC(C)C)n2[C@@H]1CCCC(NC(=O)c2ncc(Cl)s2)C1. The summed E-state index contributed by atoms with van der Waals surface area (Å²) in [5.74, 6) is 1.58. The number of carbonyl (C=O) groups excluding carboxylic acids is 1. The topological polar surface area (TPSA) is 135 Å². The Hall–Kier alpha value is -2.85.